The number of hydrogen-bond donors (Lipinski definition) is 1. The Kier molecular flexibility index (Phi) is 4.22. The Labute approximate surface area is 130 Å². The van der Waals surface area contributed by atoms with Crippen LogP contribution in [0.25, 0.3) is 10.6 Å². The highest BCUT2D eigenvalue weighted by molar-refractivity contribution is 7.98. The monoisotopic (exact) mass is 316 g/mol. The van der Waals surface area contributed by atoms with Crippen LogP contribution in [-0.2, 0) is 5.75 Å². The molecule has 2 N–H and O–H groups in total. The molecule has 0 aliphatic rings. The van der Waals surface area contributed by atoms with Gasteiger partial charge in [-0.1, -0.05) is 30.3 Å². The first kappa shape index (κ1) is 14.1. The minimum absolute atomic E-state index is 0.180. The zero-order chi connectivity index (χ0) is 14.7. The van der Waals surface area contributed by atoms with Crippen LogP contribution in [0.1, 0.15) is 5.69 Å². The number of thiazole rings is 1. The van der Waals surface area contributed by atoms with Crippen molar-refractivity contribution in [3.63, 3.8) is 0 Å². The normalized spacial score (nSPS) is 10.7. The summed E-state index contributed by atoms with van der Waals surface area (Å²) in [7, 11) is 0. The molecule has 1 heterocycles. The molecule has 3 rings (SSSR count). The largest absolute Gasteiger partial charge is 0.396 e. The van der Waals surface area contributed by atoms with Crippen molar-refractivity contribution in [3.05, 3.63) is 65.4 Å². The van der Waals surface area contributed by atoms with Gasteiger partial charge >= 0.3 is 0 Å². The van der Waals surface area contributed by atoms with Crippen LogP contribution in [-0.4, -0.2) is 4.98 Å². The number of rotatable bonds is 4. The Balaban J connectivity index is 1.69. The summed E-state index contributed by atoms with van der Waals surface area (Å²) in [5.74, 6) is 0.343. The van der Waals surface area contributed by atoms with E-state index in [1.807, 2.05) is 41.8 Å². The van der Waals surface area contributed by atoms with Gasteiger partial charge in [0.15, 0.2) is 0 Å². The first-order valence-electron chi connectivity index (χ1n) is 6.40. The van der Waals surface area contributed by atoms with Crippen molar-refractivity contribution in [2.75, 3.05) is 5.73 Å². The molecule has 0 radical (unpaired) electrons. The first-order chi connectivity index (χ1) is 10.2. The fraction of sp³-hybridized carbons (Fsp3) is 0.0625. The molecule has 0 amide bonds. The molecule has 106 valence electrons. The van der Waals surface area contributed by atoms with Crippen molar-refractivity contribution in [2.24, 2.45) is 0 Å². The predicted molar refractivity (Wildman–Crippen MR) is 87.9 cm³/mol. The lowest BCUT2D eigenvalue weighted by Crippen LogP contribution is -1.90. The molecule has 3 aromatic rings. The Bertz CT molecular complexity index is 741. The van der Waals surface area contributed by atoms with Gasteiger partial charge in [-0.05, 0) is 18.2 Å². The summed E-state index contributed by atoms with van der Waals surface area (Å²) < 4.78 is 13.4. The Morgan fingerprint density at radius 2 is 1.95 bits per heavy atom. The minimum atomic E-state index is -0.372. The van der Waals surface area contributed by atoms with Crippen molar-refractivity contribution in [1.29, 1.82) is 0 Å². The van der Waals surface area contributed by atoms with E-state index in [-0.39, 0.29) is 11.5 Å². The van der Waals surface area contributed by atoms with Gasteiger partial charge in [0.2, 0.25) is 0 Å². The van der Waals surface area contributed by atoms with Gasteiger partial charge in [0.05, 0.1) is 11.4 Å². The highest BCUT2D eigenvalue weighted by atomic mass is 32.2. The molecule has 0 saturated heterocycles. The molecule has 0 aliphatic heterocycles. The second kappa shape index (κ2) is 6.28. The Morgan fingerprint density at radius 1 is 1.14 bits per heavy atom. The molecule has 21 heavy (non-hydrogen) atoms. The van der Waals surface area contributed by atoms with Crippen LogP contribution in [0.5, 0.6) is 0 Å². The molecule has 0 saturated carbocycles. The molecular weight excluding hydrogens is 303 g/mol. The van der Waals surface area contributed by atoms with Crippen molar-refractivity contribution < 1.29 is 4.39 Å². The maximum absolute atomic E-state index is 13.4. The summed E-state index contributed by atoms with van der Waals surface area (Å²) in [5.41, 5.74) is 7.77. The number of thioether (sulfide) groups is 1. The van der Waals surface area contributed by atoms with Gasteiger partial charge in [0, 0.05) is 21.6 Å². The van der Waals surface area contributed by atoms with E-state index in [1.54, 1.807) is 29.2 Å². The van der Waals surface area contributed by atoms with E-state index in [1.165, 1.54) is 6.07 Å². The minimum Gasteiger partial charge on any atom is -0.396 e. The van der Waals surface area contributed by atoms with Crippen LogP contribution in [0.15, 0.2) is 58.8 Å². The van der Waals surface area contributed by atoms with E-state index in [4.69, 9.17) is 5.73 Å². The maximum atomic E-state index is 13.4. The second-order valence-corrected chi connectivity index (χ2v) is 6.39. The van der Waals surface area contributed by atoms with Gasteiger partial charge < -0.3 is 5.73 Å². The average molecular weight is 316 g/mol. The van der Waals surface area contributed by atoms with E-state index in [0.717, 1.165) is 21.2 Å². The summed E-state index contributed by atoms with van der Waals surface area (Å²) >= 11 is 3.18. The molecule has 0 bridgehead atoms. The smallest absolute Gasteiger partial charge is 0.147 e. The summed E-state index contributed by atoms with van der Waals surface area (Å²) in [6, 6.07) is 15.0. The van der Waals surface area contributed by atoms with Crippen LogP contribution in [0.3, 0.4) is 0 Å². The number of nitrogens with zero attached hydrogens (tertiary/aromatic N) is 1. The van der Waals surface area contributed by atoms with Crippen LogP contribution in [0.2, 0.25) is 0 Å². The number of aromatic nitrogens is 1. The molecular formula is C16H13FN2S2. The number of halogens is 1. The molecule has 0 fully saturated rings. The summed E-state index contributed by atoms with van der Waals surface area (Å²) in [5, 5.41) is 3.05. The zero-order valence-corrected chi connectivity index (χ0v) is 12.8. The predicted octanol–water partition coefficient (Wildman–Crippen LogP) is 4.82. The highest BCUT2D eigenvalue weighted by Crippen LogP contribution is 2.28. The first-order valence-corrected chi connectivity index (χ1v) is 8.26. The van der Waals surface area contributed by atoms with Crippen molar-refractivity contribution in [3.8, 4) is 10.6 Å². The molecule has 2 nitrogen and oxygen atoms in total. The second-order valence-electron chi connectivity index (χ2n) is 4.48. The molecule has 1 aromatic heterocycles. The lowest BCUT2D eigenvalue weighted by Gasteiger charge is -2.01. The van der Waals surface area contributed by atoms with E-state index in [2.05, 4.69) is 4.98 Å². The summed E-state index contributed by atoms with van der Waals surface area (Å²) in [4.78, 5) is 5.47. The van der Waals surface area contributed by atoms with Crippen LogP contribution in [0, 0.1) is 5.82 Å². The molecule has 0 unspecified atom stereocenters. The average Bonchev–Trinajstić information content (AvgIpc) is 2.98. The van der Waals surface area contributed by atoms with Gasteiger partial charge in [-0.2, -0.15) is 0 Å². The van der Waals surface area contributed by atoms with Gasteiger partial charge in [0.1, 0.15) is 10.8 Å². The van der Waals surface area contributed by atoms with E-state index < -0.39 is 0 Å². The fourth-order valence-electron chi connectivity index (χ4n) is 1.84. The van der Waals surface area contributed by atoms with Crippen molar-refractivity contribution in [1.82, 2.24) is 4.98 Å². The van der Waals surface area contributed by atoms with E-state index in [9.17, 15) is 4.39 Å². The Morgan fingerprint density at radius 3 is 2.71 bits per heavy atom. The van der Waals surface area contributed by atoms with Crippen molar-refractivity contribution >= 4 is 28.8 Å². The number of benzene rings is 2. The van der Waals surface area contributed by atoms with Crippen LogP contribution >= 0.6 is 23.1 Å². The Hall–Kier alpha value is -1.85. The van der Waals surface area contributed by atoms with Crippen LogP contribution < -0.4 is 5.73 Å². The topological polar surface area (TPSA) is 38.9 Å². The van der Waals surface area contributed by atoms with Gasteiger partial charge in [-0.3, -0.25) is 0 Å². The highest BCUT2D eigenvalue weighted by Gasteiger charge is 2.06. The summed E-state index contributed by atoms with van der Waals surface area (Å²) in [6.45, 7) is 0. The van der Waals surface area contributed by atoms with E-state index in [0.29, 0.717) is 5.75 Å². The standard InChI is InChI=1S/C16H13FN2S2/c17-14-8-13(6-7-15(14)18)20-9-12-10-21-16(19-12)11-4-2-1-3-5-11/h1-8,10H,9,18H2. The number of anilines is 1. The third kappa shape index (κ3) is 3.43. The molecule has 2 aromatic carbocycles. The molecule has 5 heteroatoms. The van der Waals surface area contributed by atoms with Gasteiger partial charge in [-0.25, -0.2) is 9.37 Å². The third-order valence-corrected chi connectivity index (χ3v) is 4.90. The number of nitrogens with two attached hydrogens (primary N) is 1. The molecule has 0 atom stereocenters. The third-order valence-electron chi connectivity index (χ3n) is 2.93. The van der Waals surface area contributed by atoms with Crippen molar-refractivity contribution in [2.45, 2.75) is 10.6 Å². The molecule has 0 spiro atoms. The zero-order valence-electron chi connectivity index (χ0n) is 11.1. The number of nitrogen functional groups attached to an aromatic ring is 1. The quantitative estimate of drug-likeness (QED) is 0.554. The van der Waals surface area contributed by atoms with Gasteiger partial charge in [0.25, 0.3) is 0 Å². The van der Waals surface area contributed by atoms with Crippen LogP contribution in [0.4, 0.5) is 10.1 Å². The van der Waals surface area contributed by atoms with E-state index >= 15 is 0 Å². The lowest BCUT2D eigenvalue weighted by molar-refractivity contribution is 0.629. The fourth-order valence-corrected chi connectivity index (χ4v) is 3.59. The maximum Gasteiger partial charge on any atom is 0.147 e. The number of hydrogen-bond acceptors (Lipinski definition) is 4. The summed E-state index contributed by atoms with van der Waals surface area (Å²) in [6.07, 6.45) is 0. The lowest BCUT2D eigenvalue weighted by atomic mass is 10.2. The van der Waals surface area contributed by atoms with Gasteiger partial charge in [-0.15, -0.1) is 23.1 Å². The SMILES string of the molecule is Nc1ccc(SCc2csc(-c3ccccc3)n2)cc1F. The molecule has 0 aliphatic carbocycles.